The number of hydrogen-bond donors (Lipinski definition) is 2. The minimum atomic E-state index is -0.913. The van der Waals surface area contributed by atoms with Crippen molar-refractivity contribution in [2.45, 2.75) is 12.0 Å². The molecule has 106 valence electrons. The molecule has 0 aromatic carbocycles. The van der Waals surface area contributed by atoms with Crippen molar-refractivity contribution in [1.29, 1.82) is 0 Å². The summed E-state index contributed by atoms with van der Waals surface area (Å²) in [6.07, 6.45) is 0.471. The Bertz CT molecular complexity index is 403. The first kappa shape index (κ1) is 14.1. The normalized spacial score (nSPS) is 25.8. The fourth-order valence-electron chi connectivity index (χ4n) is 2.23. The van der Waals surface area contributed by atoms with Gasteiger partial charge in [-0.05, 0) is 6.42 Å². The number of nitrogens with zero attached hydrogens (tertiary/aromatic N) is 1. The summed E-state index contributed by atoms with van der Waals surface area (Å²) >= 11 is 1.50. The highest BCUT2D eigenvalue weighted by Gasteiger charge is 2.51. The smallest absolute Gasteiger partial charge is 0.322 e. The Hall–Kier alpha value is -1.28. The summed E-state index contributed by atoms with van der Waals surface area (Å²) in [7, 11) is 1.62. The molecule has 0 aromatic rings. The summed E-state index contributed by atoms with van der Waals surface area (Å²) in [6.45, 7) is 1.37. The van der Waals surface area contributed by atoms with E-state index < -0.39 is 11.6 Å². The summed E-state index contributed by atoms with van der Waals surface area (Å²) in [5.41, 5.74) is -0.913. The largest absolute Gasteiger partial charge is 0.384 e. The number of hydrogen-bond acceptors (Lipinski definition) is 5. The molecule has 19 heavy (non-hydrogen) atoms. The van der Waals surface area contributed by atoms with Gasteiger partial charge in [0.05, 0.1) is 18.9 Å². The molecule has 2 saturated heterocycles. The predicted octanol–water partition coefficient (Wildman–Crippen LogP) is -0.823. The third kappa shape index (κ3) is 3.01. The predicted molar refractivity (Wildman–Crippen MR) is 69.8 cm³/mol. The van der Waals surface area contributed by atoms with Crippen LogP contribution in [0.4, 0.5) is 4.79 Å². The highest BCUT2D eigenvalue weighted by molar-refractivity contribution is 7.99. The molecule has 0 bridgehead atoms. The second-order valence-corrected chi connectivity index (χ2v) is 5.71. The van der Waals surface area contributed by atoms with Crippen LogP contribution in [0.15, 0.2) is 0 Å². The van der Waals surface area contributed by atoms with Gasteiger partial charge in [-0.1, -0.05) is 0 Å². The molecular weight excluding hydrogens is 270 g/mol. The third-order valence-corrected chi connectivity index (χ3v) is 4.20. The molecule has 7 nitrogen and oxygen atoms in total. The second kappa shape index (κ2) is 5.79. The number of nitrogens with one attached hydrogen (secondary N) is 2. The minimum absolute atomic E-state index is 0.00747. The van der Waals surface area contributed by atoms with Gasteiger partial charge in [-0.25, -0.2) is 4.79 Å². The van der Waals surface area contributed by atoms with Crippen molar-refractivity contribution < 1.29 is 19.1 Å². The van der Waals surface area contributed by atoms with Crippen LogP contribution in [-0.4, -0.2) is 66.6 Å². The average molecular weight is 287 g/mol. The fraction of sp³-hybridized carbons (Fsp3) is 0.727. The molecule has 2 rings (SSSR count). The van der Waals surface area contributed by atoms with Crippen molar-refractivity contribution in [1.82, 2.24) is 15.5 Å². The number of methoxy groups -OCH3 is 1. The molecule has 1 unspecified atom stereocenters. The van der Waals surface area contributed by atoms with E-state index in [1.54, 1.807) is 12.0 Å². The van der Waals surface area contributed by atoms with Crippen LogP contribution in [0.2, 0.25) is 0 Å². The molecule has 4 amide bonds. The summed E-state index contributed by atoms with van der Waals surface area (Å²) in [5, 5.41) is 4.84. The van der Waals surface area contributed by atoms with Gasteiger partial charge in [0.15, 0.2) is 0 Å². The number of carbonyl (C=O) groups excluding carboxylic acids is 3. The quantitative estimate of drug-likeness (QED) is 0.509. The maximum atomic E-state index is 12.0. The average Bonchev–Trinajstić information content (AvgIpc) is 2.90. The minimum Gasteiger partial charge on any atom is -0.384 e. The van der Waals surface area contributed by atoms with Gasteiger partial charge < -0.3 is 15.0 Å². The molecule has 2 N–H and O–H groups in total. The zero-order valence-electron chi connectivity index (χ0n) is 10.7. The van der Waals surface area contributed by atoms with Gasteiger partial charge >= 0.3 is 6.03 Å². The van der Waals surface area contributed by atoms with Crippen LogP contribution in [0.1, 0.15) is 6.42 Å². The zero-order valence-corrected chi connectivity index (χ0v) is 11.5. The van der Waals surface area contributed by atoms with E-state index >= 15 is 0 Å². The van der Waals surface area contributed by atoms with Gasteiger partial charge in [0, 0.05) is 19.4 Å². The van der Waals surface area contributed by atoms with E-state index in [0.29, 0.717) is 25.3 Å². The van der Waals surface area contributed by atoms with Crippen molar-refractivity contribution in [3.63, 3.8) is 0 Å². The molecule has 0 saturated carbocycles. The lowest BCUT2D eigenvalue weighted by molar-refractivity contribution is -0.128. The van der Waals surface area contributed by atoms with Gasteiger partial charge in [-0.15, -0.1) is 11.8 Å². The molecule has 0 aliphatic carbocycles. The number of likely N-dealkylation sites (tertiary alicyclic amines) is 1. The monoisotopic (exact) mass is 287 g/mol. The Kier molecular flexibility index (Phi) is 4.31. The number of thioether (sulfide) groups is 1. The van der Waals surface area contributed by atoms with Crippen LogP contribution >= 0.6 is 11.8 Å². The number of urea groups is 1. The Morgan fingerprint density at radius 1 is 1.53 bits per heavy atom. The molecule has 0 aromatic heterocycles. The molecule has 1 spiro atoms. The zero-order chi connectivity index (χ0) is 13.9. The van der Waals surface area contributed by atoms with Crippen molar-refractivity contribution in [3.8, 4) is 0 Å². The van der Waals surface area contributed by atoms with E-state index in [1.807, 2.05) is 0 Å². The number of ether oxygens (including phenoxy) is 1. The van der Waals surface area contributed by atoms with Crippen molar-refractivity contribution in [2.24, 2.45) is 0 Å². The van der Waals surface area contributed by atoms with E-state index in [1.165, 1.54) is 11.8 Å². The maximum Gasteiger partial charge on any atom is 0.322 e. The first-order valence-corrected chi connectivity index (χ1v) is 7.21. The Morgan fingerprint density at radius 3 is 2.95 bits per heavy atom. The fourth-order valence-corrected chi connectivity index (χ4v) is 3.02. The molecule has 2 fully saturated rings. The SMILES string of the molecule is COCCSCC(=O)N1CCC2(C1)NC(=O)NC2=O. The van der Waals surface area contributed by atoms with Gasteiger partial charge in [0.1, 0.15) is 5.54 Å². The highest BCUT2D eigenvalue weighted by Crippen LogP contribution is 2.25. The highest BCUT2D eigenvalue weighted by atomic mass is 32.2. The lowest BCUT2D eigenvalue weighted by Gasteiger charge is -2.21. The van der Waals surface area contributed by atoms with Gasteiger partial charge in [0.2, 0.25) is 5.91 Å². The molecular formula is C11H17N3O4S. The summed E-state index contributed by atoms with van der Waals surface area (Å²) in [6, 6.07) is -0.478. The molecule has 2 aliphatic rings. The van der Waals surface area contributed by atoms with E-state index in [9.17, 15) is 14.4 Å². The van der Waals surface area contributed by atoms with Crippen molar-refractivity contribution in [3.05, 3.63) is 0 Å². The Balaban J connectivity index is 1.83. The van der Waals surface area contributed by atoms with E-state index in [0.717, 1.165) is 5.75 Å². The van der Waals surface area contributed by atoms with E-state index in [-0.39, 0.29) is 18.4 Å². The van der Waals surface area contributed by atoms with Crippen LogP contribution in [-0.2, 0) is 14.3 Å². The van der Waals surface area contributed by atoms with Crippen LogP contribution in [0, 0.1) is 0 Å². The third-order valence-electron chi connectivity index (χ3n) is 3.29. The lowest BCUT2D eigenvalue weighted by Crippen LogP contribution is -2.49. The van der Waals surface area contributed by atoms with Gasteiger partial charge in [0.25, 0.3) is 5.91 Å². The van der Waals surface area contributed by atoms with Crippen LogP contribution in [0.5, 0.6) is 0 Å². The van der Waals surface area contributed by atoms with Gasteiger partial charge in [-0.2, -0.15) is 0 Å². The molecule has 2 heterocycles. The van der Waals surface area contributed by atoms with E-state index in [4.69, 9.17) is 4.74 Å². The number of amides is 4. The first-order chi connectivity index (χ1) is 9.07. The maximum absolute atomic E-state index is 12.0. The number of imide groups is 1. The van der Waals surface area contributed by atoms with Crippen molar-refractivity contribution in [2.75, 3.05) is 38.3 Å². The second-order valence-electron chi connectivity index (χ2n) is 4.60. The van der Waals surface area contributed by atoms with Crippen molar-refractivity contribution >= 4 is 29.6 Å². The molecule has 0 radical (unpaired) electrons. The summed E-state index contributed by atoms with van der Waals surface area (Å²) < 4.78 is 4.90. The molecule has 1 atom stereocenters. The first-order valence-electron chi connectivity index (χ1n) is 6.05. The van der Waals surface area contributed by atoms with Crippen LogP contribution in [0.3, 0.4) is 0 Å². The topological polar surface area (TPSA) is 87.7 Å². The Labute approximate surface area is 115 Å². The molecule has 8 heteroatoms. The van der Waals surface area contributed by atoms with Crippen LogP contribution < -0.4 is 10.6 Å². The summed E-state index contributed by atoms with van der Waals surface area (Å²) in [4.78, 5) is 36.5. The van der Waals surface area contributed by atoms with Gasteiger partial charge in [-0.3, -0.25) is 14.9 Å². The molecule has 2 aliphatic heterocycles. The van der Waals surface area contributed by atoms with E-state index in [2.05, 4.69) is 10.6 Å². The number of rotatable bonds is 5. The standard InChI is InChI=1S/C11H17N3O4S/c1-18-4-5-19-6-8(15)14-3-2-11(7-14)9(16)12-10(17)13-11/h2-7H2,1H3,(H2,12,13,16,17). The number of carbonyl (C=O) groups is 3. The Morgan fingerprint density at radius 2 is 2.32 bits per heavy atom. The van der Waals surface area contributed by atoms with Crippen LogP contribution in [0.25, 0.3) is 0 Å². The lowest BCUT2D eigenvalue weighted by atomic mass is 10.00. The summed E-state index contributed by atoms with van der Waals surface area (Å²) in [5.74, 6) is 0.791.